The molecule has 0 spiro atoms. The molecule has 0 heterocycles. The maximum atomic E-state index is 12.3. The van der Waals surface area contributed by atoms with Crippen LogP contribution in [-0.2, 0) is 6.42 Å². The van der Waals surface area contributed by atoms with Crippen molar-refractivity contribution in [2.75, 3.05) is 7.11 Å². The third kappa shape index (κ3) is 6.12. The third-order valence-electron chi connectivity index (χ3n) is 3.50. The molecule has 138 valence electrons. The van der Waals surface area contributed by atoms with Crippen molar-refractivity contribution in [2.24, 2.45) is 5.73 Å². The summed E-state index contributed by atoms with van der Waals surface area (Å²) in [6.07, 6.45) is -5.40. The summed E-state index contributed by atoms with van der Waals surface area (Å²) >= 11 is 0. The Bertz CT molecular complexity index is 668. The second-order valence-corrected chi connectivity index (χ2v) is 5.23. The van der Waals surface area contributed by atoms with Gasteiger partial charge in [-0.25, -0.2) is 0 Å². The van der Waals surface area contributed by atoms with Crippen molar-refractivity contribution in [2.45, 2.75) is 24.9 Å². The van der Waals surface area contributed by atoms with E-state index in [1.165, 1.54) is 13.2 Å². The first kappa shape index (κ1) is 21.1. The largest absolute Gasteiger partial charge is 0.573 e. The zero-order chi connectivity index (χ0) is 17.7. The highest BCUT2D eigenvalue weighted by Crippen LogP contribution is 2.33. The van der Waals surface area contributed by atoms with Crippen LogP contribution < -0.4 is 15.2 Å². The van der Waals surface area contributed by atoms with E-state index in [4.69, 9.17) is 10.5 Å². The van der Waals surface area contributed by atoms with Gasteiger partial charge in [-0.3, -0.25) is 0 Å². The number of rotatable bonds is 6. The summed E-state index contributed by atoms with van der Waals surface area (Å²) in [5, 5.41) is 10.3. The van der Waals surface area contributed by atoms with E-state index in [1.54, 1.807) is 0 Å². The van der Waals surface area contributed by atoms with Crippen LogP contribution >= 0.6 is 12.4 Å². The van der Waals surface area contributed by atoms with E-state index in [1.807, 2.05) is 30.3 Å². The van der Waals surface area contributed by atoms with Crippen molar-refractivity contribution < 1.29 is 27.8 Å². The second kappa shape index (κ2) is 8.94. The summed E-state index contributed by atoms with van der Waals surface area (Å²) in [6.45, 7) is 0. The lowest BCUT2D eigenvalue weighted by Crippen LogP contribution is -2.28. The van der Waals surface area contributed by atoms with Gasteiger partial charge in [-0.1, -0.05) is 30.3 Å². The minimum absolute atomic E-state index is 0. The van der Waals surface area contributed by atoms with Gasteiger partial charge in [-0.05, 0) is 17.7 Å². The summed E-state index contributed by atoms with van der Waals surface area (Å²) in [5.74, 6) is -0.288. The predicted molar refractivity (Wildman–Crippen MR) is 90.0 cm³/mol. The summed E-state index contributed by atoms with van der Waals surface area (Å²) < 4.78 is 45.8. The molecule has 0 fully saturated rings. The van der Waals surface area contributed by atoms with Crippen LogP contribution in [0, 0.1) is 0 Å². The maximum absolute atomic E-state index is 12.3. The summed E-state index contributed by atoms with van der Waals surface area (Å²) in [5.41, 5.74) is 7.35. The van der Waals surface area contributed by atoms with Crippen LogP contribution in [-0.4, -0.2) is 24.7 Å². The van der Waals surface area contributed by atoms with E-state index < -0.39 is 24.3 Å². The fourth-order valence-electron chi connectivity index (χ4n) is 2.35. The Hall–Kier alpha value is -1.96. The van der Waals surface area contributed by atoms with Gasteiger partial charge >= 0.3 is 6.36 Å². The summed E-state index contributed by atoms with van der Waals surface area (Å²) in [4.78, 5) is 0. The minimum Gasteiger partial charge on any atom is -0.496 e. The van der Waals surface area contributed by atoms with Crippen LogP contribution in [0.4, 0.5) is 13.2 Å². The van der Waals surface area contributed by atoms with Crippen molar-refractivity contribution in [3.8, 4) is 11.5 Å². The van der Waals surface area contributed by atoms with Gasteiger partial charge in [0.25, 0.3) is 0 Å². The lowest BCUT2D eigenvalue weighted by molar-refractivity contribution is -0.274. The van der Waals surface area contributed by atoms with Crippen LogP contribution in [0.25, 0.3) is 0 Å². The van der Waals surface area contributed by atoms with Gasteiger partial charge < -0.3 is 20.3 Å². The van der Waals surface area contributed by atoms with Gasteiger partial charge in [0.05, 0.1) is 19.3 Å². The molecule has 8 heteroatoms. The van der Waals surface area contributed by atoms with Crippen molar-refractivity contribution in [3.63, 3.8) is 0 Å². The molecule has 4 nitrogen and oxygen atoms in total. The number of aliphatic hydroxyl groups is 1. The van der Waals surface area contributed by atoms with Gasteiger partial charge in [0.2, 0.25) is 0 Å². The van der Waals surface area contributed by atoms with Gasteiger partial charge in [-0.2, -0.15) is 0 Å². The number of benzene rings is 2. The van der Waals surface area contributed by atoms with Crippen LogP contribution in [0.15, 0.2) is 48.5 Å². The van der Waals surface area contributed by atoms with Gasteiger partial charge in [0.1, 0.15) is 11.5 Å². The monoisotopic (exact) mass is 377 g/mol. The van der Waals surface area contributed by atoms with Crippen molar-refractivity contribution in [1.29, 1.82) is 0 Å². The molecule has 0 aliphatic rings. The van der Waals surface area contributed by atoms with Crippen LogP contribution in [0.5, 0.6) is 11.5 Å². The number of aliphatic hydroxyl groups excluding tert-OH is 1. The molecule has 25 heavy (non-hydrogen) atoms. The Balaban J connectivity index is 0.00000312. The van der Waals surface area contributed by atoms with Gasteiger partial charge in [0, 0.05) is 18.1 Å². The lowest BCUT2D eigenvalue weighted by atomic mass is 9.96. The number of hydrogen-bond donors (Lipinski definition) is 2. The number of alkyl halides is 3. The van der Waals surface area contributed by atoms with E-state index in [0.717, 1.165) is 17.7 Å². The van der Waals surface area contributed by atoms with Gasteiger partial charge in [-0.15, -0.1) is 25.6 Å². The number of halogens is 4. The molecule has 0 radical (unpaired) electrons. The average Bonchev–Trinajstić information content (AvgIpc) is 2.53. The topological polar surface area (TPSA) is 64.7 Å². The van der Waals surface area contributed by atoms with E-state index in [-0.39, 0.29) is 18.2 Å². The minimum atomic E-state index is -4.79. The first-order valence-electron chi connectivity index (χ1n) is 7.21. The van der Waals surface area contributed by atoms with E-state index in [2.05, 4.69) is 4.74 Å². The average molecular weight is 378 g/mol. The molecule has 0 aliphatic heterocycles. The van der Waals surface area contributed by atoms with Crippen LogP contribution in [0.2, 0.25) is 0 Å². The first-order valence-corrected chi connectivity index (χ1v) is 7.21. The van der Waals surface area contributed by atoms with Crippen LogP contribution in [0.1, 0.15) is 17.2 Å². The molecule has 0 bridgehead atoms. The fraction of sp³-hybridized carbons (Fsp3) is 0.294. The first-order chi connectivity index (χ1) is 11.3. The molecule has 0 saturated carbocycles. The van der Waals surface area contributed by atoms with E-state index in [9.17, 15) is 18.3 Å². The highest BCUT2D eigenvalue weighted by molar-refractivity contribution is 5.85. The van der Waals surface area contributed by atoms with Crippen LogP contribution in [0.3, 0.4) is 0 Å². The Morgan fingerprint density at radius 1 is 1.12 bits per heavy atom. The normalized spacial score (nSPS) is 13.5. The highest BCUT2D eigenvalue weighted by Gasteiger charge is 2.31. The zero-order valence-electron chi connectivity index (χ0n) is 13.4. The molecule has 0 amide bonds. The molecular weight excluding hydrogens is 359 g/mol. The van der Waals surface area contributed by atoms with E-state index >= 15 is 0 Å². The SMILES string of the molecule is COc1cc(OC(F)(F)F)ccc1[C@H](N)[C@H](O)Cc1ccccc1.Cl. The molecule has 0 aliphatic carbocycles. The maximum Gasteiger partial charge on any atom is 0.573 e. The Kier molecular flexibility index (Phi) is 7.54. The standard InChI is InChI=1S/C17H18F3NO3.ClH/c1-23-15-10-12(24-17(18,19)20)7-8-13(15)16(21)14(22)9-11-5-3-2-4-6-11;/h2-8,10,14,16,22H,9,21H2,1H3;1H/t14-,16+;/m1./s1. The lowest BCUT2D eigenvalue weighted by Gasteiger charge is -2.22. The molecule has 2 aromatic carbocycles. The zero-order valence-corrected chi connectivity index (χ0v) is 14.2. The highest BCUT2D eigenvalue weighted by atomic mass is 35.5. The number of methoxy groups -OCH3 is 1. The molecule has 2 rings (SSSR count). The molecular formula is C17H19ClF3NO3. The van der Waals surface area contributed by atoms with Gasteiger partial charge in [0.15, 0.2) is 0 Å². The Morgan fingerprint density at radius 3 is 2.32 bits per heavy atom. The van der Waals surface area contributed by atoms with E-state index in [0.29, 0.717) is 12.0 Å². The summed E-state index contributed by atoms with van der Waals surface area (Å²) in [7, 11) is 1.31. The molecule has 0 saturated heterocycles. The molecule has 2 atom stereocenters. The van der Waals surface area contributed by atoms with Crippen molar-refractivity contribution in [3.05, 3.63) is 59.7 Å². The molecule has 0 aromatic heterocycles. The molecule has 3 N–H and O–H groups in total. The molecule has 2 aromatic rings. The predicted octanol–water partition coefficient (Wildman–Crippen LogP) is 3.62. The summed E-state index contributed by atoms with van der Waals surface area (Å²) in [6, 6.07) is 12.0. The smallest absolute Gasteiger partial charge is 0.496 e. The van der Waals surface area contributed by atoms with Crippen molar-refractivity contribution in [1.82, 2.24) is 0 Å². The third-order valence-corrected chi connectivity index (χ3v) is 3.50. The molecule has 0 unspecified atom stereocenters. The van der Waals surface area contributed by atoms with Crippen molar-refractivity contribution >= 4 is 12.4 Å². The Morgan fingerprint density at radius 2 is 1.76 bits per heavy atom. The number of ether oxygens (including phenoxy) is 2. The number of hydrogen-bond acceptors (Lipinski definition) is 4. The quantitative estimate of drug-likeness (QED) is 0.807. The Labute approximate surface area is 149 Å². The fourth-order valence-corrected chi connectivity index (χ4v) is 2.35. The number of nitrogens with two attached hydrogens (primary N) is 1. The second-order valence-electron chi connectivity index (χ2n) is 5.23.